The highest BCUT2D eigenvalue weighted by molar-refractivity contribution is 5.18. The molecule has 1 atom stereocenters. The monoisotopic (exact) mass is 256 g/mol. The van der Waals surface area contributed by atoms with Crippen molar-refractivity contribution in [2.24, 2.45) is 5.92 Å². The van der Waals surface area contributed by atoms with Crippen LogP contribution in [-0.4, -0.2) is 11.2 Å². The van der Waals surface area contributed by atoms with Gasteiger partial charge in [0, 0.05) is 0 Å². The number of hydrogen-bond acceptors (Lipinski definition) is 1. The largest absolute Gasteiger partial charge is 0.392 e. The van der Waals surface area contributed by atoms with Crippen LogP contribution < -0.4 is 0 Å². The molecule has 1 unspecified atom stereocenters. The summed E-state index contributed by atoms with van der Waals surface area (Å²) in [5.41, 5.74) is 0.651. The Morgan fingerprint density at radius 2 is 1.67 bits per heavy atom. The predicted octanol–water partition coefficient (Wildman–Crippen LogP) is 4.08. The summed E-state index contributed by atoms with van der Waals surface area (Å²) in [6, 6.07) is 3.83. The van der Waals surface area contributed by atoms with E-state index in [-0.39, 0.29) is 5.92 Å². The third kappa shape index (κ3) is 4.37. The Bertz CT molecular complexity index is 360. The highest BCUT2D eigenvalue weighted by atomic mass is 19.2. The van der Waals surface area contributed by atoms with E-state index in [0.29, 0.717) is 12.0 Å². The van der Waals surface area contributed by atoms with Gasteiger partial charge in [-0.15, -0.1) is 0 Å². The van der Waals surface area contributed by atoms with Crippen LogP contribution in [0.1, 0.15) is 45.1 Å². The predicted molar refractivity (Wildman–Crippen MR) is 69.4 cm³/mol. The minimum Gasteiger partial charge on any atom is -0.392 e. The Morgan fingerprint density at radius 1 is 1.06 bits per heavy atom. The fraction of sp³-hybridized carbons (Fsp3) is 0.600. The first-order valence-electron chi connectivity index (χ1n) is 6.70. The van der Waals surface area contributed by atoms with Crippen molar-refractivity contribution in [3.63, 3.8) is 0 Å². The highest BCUT2D eigenvalue weighted by Crippen LogP contribution is 2.21. The van der Waals surface area contributed by atoms with Gasteiger partial charge in [0.2, 0.25) is 0 Å². The second kappa shape index (κ2) is 7.47. The molecule has 0 aliphatic heterocycles. The summed E-state index contributed by atoms with van der Waals surface area (Å²) in [6.07, 6.45) is 3.91. The second-order valence-corrected chi connectivity index (χ2v) is 4.86. The van der Waals surface area contributed by atoms with Gasteiger partial charge in [0.25, 0.3) is 0 Å². The van der Waals surface area contributed by atoms with Crippen molar-refractivity contribution >= 4 is 0 Å². The molecule has 0 bridgehead atoms. The van der Waals surface area contributed by atoms with Crippen molar-refractivity contribution in [1.29, 1.82) is 0 Å². The minimum atomic E-state index is -0.845. The van der Waals surface area contributed by atoms with E-state index in [2.05, 4.69) is 13.8 Å². The minimum absolute atomic E-state index is 0.244. The molecule has 0 saturated carbocycles. The van der Waals surface area contributed by atoms with E-state index in [1.54, 1.807) is 0 Å². The van der Waals surface area contributed by atoms with E-state index in [1.165, 1.54) is 12.1 Å². The lowest BCUT2D eigenvalue weighted by Crippen LogP contribution is -2.23. The summed E-state index contributed by atoms with van der Waals surface area (Å²) >= 11 is 0. The van der Waals surface area contributed by atoms with Crippen molar-refractivity contribution in [3.8, 4) is 0 Å². The number of rotatable bonds is 7. The van der Waals surface area contributed by atoms with E-state index in [0.717, 1.165) is 31.7 Å². The summed E-state index contributed by atoms with van der Waals surface area (Å²) in [6.45, 7) is 4.18. The smallest absolute Gasteiger partial charge is 0.159 e. The van der Waals surface area contributed by atoms with Gasteiger partial charge in [-0.2, -0.15) is 0 Å². The van der Waals surface area contributed by atoms with Crippen LogP contribution in [0.2, 0.25) is 0 Å². The molecule has 0 amide bonds. The van der Waals surface area contributed by atoms with Gasteiger partial charge < -0.3 is 5.11 Å². The Morgan fingerprint density at radius 3 is 2.17 bits per heavy atom. The zero-order valence-corrected chi connectivity index (χ0v) is 11.1. The van der Waals surface area contributed by atoms with Crippen molar-refractivity contribution in [2.75, 3.05) is 0 Å². The standard InChI is InChI=1S/C15H22F2O/c1-3-5-12(6-4-2)15(18)10-11-7-8-13(16)14(17)9-11/h7-9,12,15,18H,3-6,10H2,1-2H3. The van der Waals surface area contributed by atoms with Gasteiger partial charge in [-0.05, 0) is 42.9 Å². The normalized spacial score (nSPS) is 13.0. The lowest BCUT2D eigenvalue weighted by atomic mass is 9.89. The molecule has 0 saturated heterocycles. The van der Waals surface area contributed by atoms with Gasteiger partial charge in [-0.3, -0.25) is 0 Å². The molecule has 0 radical (unpaired) electrons. The Hall–Kier alpha value is -0.960. The Kier molecular flexibility index (Phi) is 6.27. The quantitative estimate of drug-likeness (QED) is 0.779. The van der Waals surface area contributed by atoms with E-state index in [9.17, 15) is 13.9 Å². The summed E-state index contributed by atoms with van der Waals surface area (Å²) in [7, 11) is 0. The average molecular weight is 256 g/mol. The number of aliphatic hydroxyl groups excluding tert-OH is 1. The number of halogens is 2. The zero-order valence-electron chi connectivity index (χ0n) is 11.1. The fourth-order valence-corrected chi connectivity index (χ4v) is 2.35. The van der Waals surface area contributed by atoms with E-state index >= 15 is 0 Å². The molecular weight excluding hydrogens is 234 g/mol. The molecule has 0 heterocycles. The Labute approximate surface area is 108 Å². The first kappa shape index (κ1) is 15.1. The second-order valence-electron chi connectivity index (χ2n) is 4.86. The molecule has 102 valence electrons. The van der Waals surface area contributed by atoms with Crippen LogP contribution in [0.3, 0.4) is 0 Å². The molecule has 1 aromatic rings. The van der Waals surface area contributed by atoms with Crippen LogP contribution in [0.5, 0.6) is 0 Å². The third-order valence-corrected chi connectivity index (χ3v) is 3.29. The highest BCUT2D eigenvalue weighted by Gasteiger charge is 2.18. The molecule has 1 N–H and O–H groups in total. The molecule has 0 fully saturated rings. The number of hydrogen-bond donors (Lipinski definition) is 1. The SMILES string of the molecule is CCCC(CCC)C(O)Cc1ccc(F)c(F)c1. The lowest BCUT2D eigenvalue weighted by molar-refractivity contribution is 0.0962. The van der Waals surface area contributed by atoms with Crippen molar-refractivity contribution in [2.45, 2.75) is 52.1 Å². The summed E-state index contributed by atoms with van der Waals surface area (Å²) in [5, 5.41) is 10.2. The summed E-state index contributed by atoms with van der Waals surface area (Å²) < 4.78 is 25.9. The van der Waals surface area contributed by atoms with E-state index < -0.39 is 17.7 Å². The molecule has 1 nitrogen and oxygen atoms in total. The van der Waals surface area contributed by atoms with E-state index in [1.807, 2.05) is 0 Å². The van der Waals surface area contributed by atoms with Crippen LogP contribution in [0.4, 0.5) is 8.78 Å². The number of aliphatic hydroxyl groups is 1. The lowest BCUT2D eigenvalue weighted by Gasteiger charge is -2.22. The van der Waals surface area contributed by atoms with Crippen LogP contribution in [0.15, 0.2) is 18.2 Å². The fourth-order valence-electron chi connectivity index (χ4n) is 2.35. The first-order chi connectivity index (χ1) is 8.58. The topological polar surface area (TPSA) is 20.2 Å². The Balaban J connectivity index is 2.66. The first-order valence-corrected chi connectivity index (χ1v) is 6.70. The van der Waals surface area contributed by atoms with Gasteiger partial charge in [0.15, 0.2) is 11.6 Å². The molecule has 0 aromatic heterocycles. The van der Waals surface area contributed by atoms with Gasteiger partial charge in [0.1, 0.15) is 0 Å². The van der Waals surface area contributed by atoms with E-state index in [4.69, 9.17) is 0 Å². The van der Waals surface area contributed by atoms with Gasteiger partial charge in [-0.25, -0.2) is 8.78 Å². The van der Waals surface area contributed by atoms with Crippen LogP contribution in [0.25, 0.3) is 0 Å². The van der Waals surface area contributed by atoms with Gasteiger partial charge >= 0.3 is 0 Å². The summed E-state index contributed by atoms with van der Waals surface area (Å²) in [4.78, 5) is 0. The zero-order chi connectivity index (χ0) is 13.5. The molecular formula is C15H22F2O. The third-order valence-electron chi connectivity index (χ3n) is 3.29. The molecule has 0 aliphatic rings. The molecule has 3 heteroatoms. The van der Waals surface area contributed by atoms with Gasteiger partial charge in [0.05, 0.1) is 6.10 Å². The number of benzene rings is 1. The maximum Gasteiger partial charge on any atom is 0.159 e. The summed E-state index contributed by atoms with van der Waals surface area (Å²) in [5.74, 6) is -1.44. The van der Waals surface area contributed by atoms with Crippen molar-refractivity contribution in [1.82, 2.24) is 0 Å². The van der Waals surface area contributed by atoms with Crippen LogP contribution >= 0.6 is 0 Å². The maximum absolute atomic E-state index is 13.1. The van der Waals surface area contributed by atoms with Crippen molar-refractivity contribution in [3.05, 3.63) is 35.4 Å². The molecule has 1 aromatic carbocycles. The maximum atomic E-state index is 13.1. The van der Waals surface area contributed by atoms with Crippen LogP contribution in [0, 0.1) is 17.6 Å². The molecule has 0 aliphatic carbocycles. The molecule has 1 rings (SSSR count). The van der Waals surface area contributed by atoms with Gasteiger partial charge in [-0.1, -0.05) is 32.8 Å². The average Bonchev–Trinajstić information content (AvgIpc) is 2.33. The van der Waals surface area contributed by atoms with Crippen LogP contribution in [-0.2, 0) is 6.42 Å². The molecule has 18 heavy (non-hydrogen) atoms. The molecule has 0 spiro atoms. The van der Waals surface area contributed by atoms with Crippen molar-refractivity contribution < 1.29 is 13.9 Å².